The maximum absolute atomic E-state index is 13.6. The van der Waals surface area contributed by atoms with Gasteiger partial charge in [-0.25, -0.2) is 13.2 Å². The molecule has 0 fully saturated rings. The van der Waals surface area contributed by atoms with E-state index in [2.05, 4.69) is 9.68 Å². The summed E-state index contributed by atoms with van der Waals surface area (Å²) in [6, 6.07) is 2.04. The lowest BCUT2D eigenvalue weighted by Crippen LogP contribution is -1.96. The molecule has 90 valence electrons. The zero-order chi connectivity index (χ0) is 12.6. The molecule has 0 bridgehead atoms. The highest BCUT2D eigenvalue weighted by Gasteiger charge is 2.21. The summed E-state index contributed by atoms with van der Waals surface area (Å²) in [5.41, 5.74) is 4.93. The van der Waals surface area contributed by atoms with Gasteiger partial charge in [-0.1, -0.05) is 5.16 Å². The minimum Gasteiger partial charge on any atom is -0.381 e. The van der Waals surface area contributed by atoms with E-state index in [0.717, 1.165) is 17.8 Å². The summed E-state index contributed by atoms with van der Waals surface area (Å²) < 4.78 is 45.2. The first-order chi connectivity index (χ1) is 8.04. The molecule has 7 heteroatoms. The molecule has 3 nitrogen and oxygen atoms in total. The Labute approximate surface area is 98.8 Å². The van der Waals surface area contributed by atoms with Gasteiger partial charge >= 0.3 is 0 Å². The number of benzene rings is 1. The van der Waals surface area contributed by atoms with E-state index in [1.165, 1.54) is 12.3 Å². The van der Waals surface area contributed by atoms with Crippen molar-refractivity contribution >= 4 is 17.6 Å². The number of nitrogen functional groups attached to an aromatic ring is 1. The molecule has 17 heavy (non-hydrogen) atoms. The van der Waals surface area contributed by atoms with E-state index in [1.54, 1.807) is 0 Å². The van der Waals surface area contributed by atoms with Gasteiger partial charge < -0.3 is 10.3 Å². The largest absolute Gasteiger partial charge is 0.381 e. The van der Waals surface area contributed by atoms with Gasteiger partial charge in [-0.2, -0.15) is 0 Å². The Hall–Kier alpha value is -1.63. The van der Waals surface area contributed by atoms with Crippen molar-refractivity contribution in [1.29, 1.82) is 0 Å². The van der Waals surface area contributed by atoms with Crippen LogP contribution < -0.4 is 5.73 Å². The maximum atomic E-state index is 13.6. The van der Waals surface area contributed by atoms with Gasteiger partial charge in [0.05, 0.1) is 10.5 Å². The van der Waals surface area contributed by atoms with Crippen molar-refractivity contribution in [3.05, 3.63) is 29.6 Å². The van der Waals surface area contributed by atoms with Gasteiger partial charge in [0.15, 0.2) is 23.2 Å². The molecule has 1 aromatic carbocycles. The van der Waals surface area contributed by atoms with Crippen LogP contribution in [0.1, 0.15) is 0 Å². The minimum atomic E-state index is -1.25. The lowest BCUT2D eigenvalue weighted by Gasteiger charge is -2.05. The predicted molar refractivity (Wildman–Crippen MR) is 58.0 cm³/mol. The summed E-state index contributed by atoms with van der Waals surface area (Å²) in [6.45, 7) is 0. The van der Waals surface area contributed by atoms with Gasteiger partial charge in [0.25, 0.3) is 0 Å². The molecule has 0 amide bonds. The Morgan fingerprint density at radius 2 is 1.94 bits per heavy atom. The van der Waals surface area contributed by atoms with E-state index in [1.807, 2.05) is 0 Å². The van der Waals surface area contributed by atoms with Crippen LogP contribution in [0.15, 0.2) is 21.6 Å². The van der Waals surface area contributed by atoms with Crippen molar-refractivity contribution in [2.24, 2.45) is 0 Å². The summed E-state index contributed by atoms with van der Waals surface area (Å²) in [6.07, 6.45) is 1.45. The second-order valence-corrected chi connectivity index (χ2v) is 4.00. The van der Waals surface area contributed by atoms with Crippen molar-refractivity contribution in [3.8, 4) is 11.3 Å². The number of rotatable bonds is 2. The van der Waals surface area contributed by atoms with E-state index in [0.29, 0.717) is 0 Å². The fourth-order valence-electron chi connectivity index (χ4n) is 1.36. The molecule has 0 aliphatic rings. The van der Waals surface area contributed by atoms with Gasteiger partial charge in [0.1, 0.15) is 5.82 Å². The van der Waals surface area contributed by atoms with Crippen molar-refractivity contribution in [3.63, 3.8) is 0 Å². The number of halogens is 3. The van der Waals surface area contributed by atoms with Crippen LogP contribution in [0, 0.1) is 17.5 Å². The van der Waals surface area contributed by atoms with E-state index in [9.17, 15) is 13.2 Å². The lowest BCUT2D eigenvalue weighted by molar-refractivity contribution is 0.425. The molecule has 0 unspecified atom stereocenters. The Morgan fingerprint density at radius 3 is 2.47 bits per heavy atom. The lowest BCUT2D eigenvalue weighted by atomic mass is 10.1. The molecule has 0 radical (unpaired) electrons. The molecule has 2 N–H and O–H groups in total. The average molecular weight is 260 g/mol. The highest BCUT2D eigenvalue weighted by Crippen LogP contribution is 2.32. The van der Waals surface area contributed by atoms with Crippen molar-refractivity contribution in [2.75, 3.05) is 12.0 Å². The molecular weight excluding hydrogens is 253 g/mol. The average Bonchev–Trinajstić information content (AvgIpc) is 2.71. The third-order valence-electron chi connectivity index (χ3n) is 2.11. The molecule has 0 spiro atoms. The Bertz CT molecular complexity index is 571. The molecule has 2 rings (SSSR count). The number of anilines is 1. The summed E-state index contributed by atoms with van der Waals surface area (Å²) >= 11 is 0.784. The maximum Gasteiger partial charge on any atom is 0.176 e. The van der Waals surface area contributed by atoms with Crippen LogP contribution in [0.5, 0.6) is 0 Å². The number of hydrogen-bond acceptors (Lipinski definition) is 4. The quantitative estimate of drug-likeness (QED) is 0.666. The Balaban J connectivity index is 2.64. The Kier molecular flexibility index (Phi) is 3.01. The third kappa shape index (κ3) is 1.97. The Morgan fingerprint density at radius 1 is 1.24 bits per heavy atom. The van der Waals surface area contributed by atoms with Crippen molar-refractivity contribution in [2.45, 2.75) is 4.90 Å². The number of thioether (sulfide) groups is 1. The van der Waals surface area contributed by atoms with E-state index in [4.69, 9.17) is 5.73 Å². The van der Waals surface area contributed by atoms with Gasteiger partial charge in [0.2, 0.25) is 0 Å². The van der Waals surface area contributed by atoms with E-state index >= 15 is 0 Å². The summed E-state index contributed by atoms with van der Waals surface area (Å²) in [7, 11) is 0. The number of aromatic nitrogens is 1. The van der Waals surface area contributed by atoms with Crippen LogP contribution in [-0.4, -0.2) is 11.4 Å². The van der Waals surface area contributed by atoms with Crippen LogP contribution in [-0.2, 0) is 0 Å². The first kappa shape index (κ1) is 11.8. The zero-order valence-corrected chi connectivity index (χ0v) is 9.45. The smallest absolute Gasteiger partial charge is 0.176 e. The highest BCUT2D eigenvalue weighted by atomic mass is 32.2. The monoisotopic (exact) mass is 260 g/mol. The second kappa shape index (κ2) is 4.33. The molecule has 0 saturated carbocycles. The zero-order valence-electron chi connectivity index (χ0n) is 8.63. The topological polar surface area (TPSA) is 52.0 Å². The van der Waals surface area contributed by atoms with Crippen molar-refractivity contribution in [1.82, 2.24) is 5.16 Å². The molecule has 1 heterocycles. The first-order valence-corrected chi connectivity index (χ1v) is 5.71. The number of hydrogen-bond donors (Lipinski definition) is 1. The fourth-order valence-corrected chi connectivity index (χ4v) is 1.88. The summed E-state index contributed by atoms with van der Waals surface area (Å²) in [5, 5.41) is 3.32. The molecule has 1 aromatic heterocycles. The van der Waals surface area contributed by atoms with Crippen LogP contribution in [0.2, 0.25) is 0 Å². The normalized spacial score (nSPS) is 10.8. The van der Waals surface area contributed by atoms with Gasteiger partial charge in [-0.15, -0.1) is 11.8 Å². The van der Waals surface area contributed by atoms with Crippen molar-refractivity contribution < 1.29 is 17.7 Å². The molecule has 0 aliphatic heterocycles. The molecule has 0 atom stereocenters. The fraction of sp³-hybridized carbons (Fsp3) is 0.100. The van der Waals surface area contributed by atoms with Crippen LogP contribution in [0.3, 0.4) is 0 Å². The molecule has 0 aliphatic carbocycles. The molecule has 2 aromatic rings. The molecular formula is C10H7F3N2OS. The SMILES string of the molecule is CSc1c(F)cc(-c2cc(N)no2)c(F)c1F. The molecule has 0 saturated heterocycles. The minimum absolute atomic E-state index is 0.00848. The number of nitrogens with zero attached hydrogens (tertiary/aromatic N) is 1. The van der Waals surface area contributed by atoms with Crippen LogP contribution in [0.4, 0.5) is 19.0 Å². The summed E-state index contributed by atoms with van der Waals surface area (Å²) in [5.74, 6) is -3.41. The summed E-state index contributed by atoms with van der Waals surface area (Å²) in [4.78, 5) is -0.376. The number of nitrogens with two attached hydrogens (primary N) is 1. The van der Waals surface area contributed by atoms with Gasteiger partial charge in [-0.05, 0) is 12.3 Å². The predicted octanol–water partition coefficient (Wildman–Crippen LogP) is 3.06. The van der Waals surface area contributed by atoms with Crippen LogP contribution >= 0.6 is 11.8 Å². The second-order valence-electron chi connectivity index (χ2n) is 3.18. The van der Waals surface area contributed by atoms with E-state index < -0.39 is 17.5 Å². The van der Waals surface area contributed by atoms with E-state index in [-0.39, 0.29) is 22.0 Å². The standard InChI is InChI=1S/C10H7F3N2OS/c1-17-10-5(11)2-4(8(12)9(10)13)6-3-7(14)15-16-6/h2-3H,1H3,(H2,14,15). The van der Waals surface area contributed by atoms with Gasteiger partial charge in [0, 0.05) is 6.07 Å². The van der Waals surface area contributed by atoms with Gasteiger partial charge in [-0.3, -0.25) is 0 Å². The third-order valence-corrected chi connectivity index (χ3v) is 2.90. The first-order valence-electron chi connectivity index (χ1n) is 4.48. The highest BCUT2D eigenvalue weighted by molar-refractivity contribution is 7.98. The van der Waals surface area contributed by atoms with Crippen LogP contribution in [0.25, 0.3) is 11.3 Å².